The van der Waals surface area contributed by atoms with Gasteiger partial charge in [0.15, 0.2) is 5.96 Å². The van der Waals surface area contributed by atoms with Gasteiger partial charge in [0.2, 0.25) is 5.91 Å². The monoisotopic (exact) mass is 418 g/mol. The van der Waals surface area contributed by atoms with E-state index in [1.165, 1.54) is 6.26 Å². The molecule has 28 heavy (non-hydrogen) atoms. The second-order valence-electron chi connectivity index (χ2n) is 7.26. The third-order valence-corrected chi connectivity index (χ3v) is 5.84. The number of carbonyl (C=O) groups is 1. The lowest BCUT2D eigenvalue weighted by atomic mass is 9.98. The molecule has 8 nitrogen and oxygen atoms in total. The number of nitrogens with one attached hydrogen (secondary N) is 2. The molecule has 9 heteroatoms. The van der Waals surface area contributed by atoms with Crippen molar-refractivity contribution in [1.82, 2.24) is 15.5 Å². The van der Waals surface area contributed by atoms with E-state index < -0.39 is 9.84 Å². The number of sulfone groups is 1. The number of aliphatic imine (C=N–C) groups is 1. The summed E-state index contributed by atoms with van der Waals surface area (Å²) in [6, 6.07) is 0.287. The molecule has 1 amide bonds. The third kappa shape index (κ3) is 9.73. The Labute approximate surface area is 170 Å². The van der Waals surface area contributed by atoms with Crippen LogP contribution in [0.3, 0.4) is 0 Å². The Balaban J connectivity index is 2.39. The molecule has 164 valence electrons. The van der Waals surface area contributed by atoms with E-state index in [1.807, 2.05) is 11.8 Å². The number of hydrogen-bond acceptors (Lipinski definition) is 5. The van der Waals surface area contributed by atoms with Gasteiger partial charge in [0.05, 0.1) is 25.5 Å². The van der Waals surface area contributed by atoms with Crippen molar-refractivity contribution in [3.63, 3.8) is 0 Å². The van der Waals surface area contributed by atoms with Crippen LogP contribution < -0.4 is 10.6 Å². The Bertz CT molecular complexity index is 583. The molecule has 1 aliphatic rings. The van der Waals surface area contributed by atoms with E-state index in [0.717, 1.165) is 51.3 Å². The molecule has 1 rings (SSSR count). The van der Waals surface area contributed by atoms with Crippen molar-refractivity contribution >= 4 is 21.7 Å². The predicted molar refractivity (Wildman–Crippen MR) is 113 cm³/mol. The molecule has 0 aromatic carbocycles. The van der Waals surface area contributed by atoms with Gasteiger partial charge >= 0.3 is 0 Å². The molecule has 0 saturated carbocycles. The highest BCUT2D eigenvalue weighted by Gasteiger charge is 2.26. The van der Waals surface area contributed by atoms with Crippen molar-refractivity contribution in [3.05, 3.63) is 0 Å². The number of guanidine groups is 1. The van der Waals surface area contributed by atoms with Crippen molar-refractivity contribution in [3.8, 4) is 0 Å². The first-order chi connectivity index (χ1) is 13.3. The Hall–Kier alpha value is -1.35. The van der Waals surface area contributed by atoms with Gasteiger partial charge in [-0.1, -0.05) is 13.8 Å². The van der Waals surface area contributed by atoms with Crippen LogP contribution in [-0.2, 0) is 19.4 Å². The zero-order chi connectivity index (χ0) is 21.0. The van der Waals surface area contributed by atoms with Crippen molar-refractivity contribution in [2.75, 3.05) is 51.4 Å². The van der Waals surface area contributed by atoms with Gasteiger partial charge in [-0.05, 0) is 32.6 Å². The van der Waals surface area contributed by atoms with Gasteiger partial charge in [-0.25, -0.2) is 8.42 Å². The number of likely N-dealkylation sites (tertiary alicyclic amines) is 1. The fourth-order valence-corrected chi connectivity index (χ4v) is 3.61. The maximum atomic E-state index is 12.5. The van der Waals surface area contributed by atoms with Gasteiger partial charge in [0.1, 0.15) is 9.84 Å². The molecule has 0 radical (unpaired) electrons. The van der Waals surface area contributed by atoms with Gasteiger partial charge in [-0.15, -0.1) is 0 Å². The number of nitrogens with zero attached hydrogens (tertiary/aromatic N) is 2. The zero-order valence-corrected chi connectivity index (χ0v) is 18.7. The first-order valence-corrected chi connectivity index (χ1v) is 12.5. The van der Waals surface area contributed by atoms with Crippen LogP contribution in [0.5, 0.6) is 0 Å². The van der Waals surface area contributed by atoms with E-state index >= 15 is 0 Å². The highest BCUT2D eigenvalue weighted by molar-refractivity contribution is 7.90. The van der Waals surface area contributed by atoms with E-state index in [9.17, 15) is 13.2 Å². The van der Waals surface area contributed by atoms with Crippen LogP contribution in [0.15, 0.2) is 4.99 Å². The normalized spacial score (nSPS) is 16.5. The zero-order valence-electron chi connectivity index (χ0n) is 17.9. The highest BCUT2D eigenvalue weighted by Crippen LogP contribution is 2.17. The molecule has 0 aromatic heterocycles. The van der Waals surface area contributed by atoms with E-state index in [2.05, 4.69) is 29.5 Å². The Morgan fingerprint density at radius 2 is 1.82 bits per heavy atom. The van der Waals surface area contributed by atoms with Crippen molar-refractivity contribution in [2.24, 2.45) is 10.9 Å². The Morgan fingerprint density at radius 1 is 1.18 bits per heavy atom. The molecule has 0 aromatic rings. The summed E-state index contributed by atoms with van der Waals surface area (Å²) in [5.41, 5.74) is 0. The van der Waals surface area contributed by atoms with Crippen LogP contribution in [0.25, 0.3) is 0 Å². The van der Waals surface area contributed by atoms with Crippen LogP contribution in [-0.4, -0.2) is 82.6 Å². The molecule has 0 bridgehead atoms. The first kappa shape index (κ1) is 24.7. The average molecular weight is 419 g/mol. The maximum Gasteiger partial charge on any atom is 0.225 e. The number of rotatable bonds is 11. The summed E-state index contributed by atoms with van der Waals surface area (Å²) < 4.78 is 27.5. The molecule has 1 aliphatic heterocycles. The quantitative estimate of drug-likeness (QED) is 0.295. The average Bonchev–Trinajstić information content (AvgIpc) is 2.65. The molecule has 1 heterocycles. The first-order valence-electron chi connectivity index (χ1n) is 10.4. The van der Waals surface area contributed by atoms with Crippen LogP contribution in [0, 0.1) is 5.92 Å². The van der Waals surface area contributed by atoms with Gasteiger partial charge in [0.25, 0.3) is 0 Å². The second-order valence-corrected chi connectivity index (χ2v) is 9.52. The Kier molecular flexibility index (Phi) is 11.4. The summed E-state index contributed by atoms with van der Waals surface area (Å²) in [7, 11) is -2.99. The van der Waals surface area contributed by atoms with Crippen LogP contribution in [0.2, 0.25) is 0 Å². The predicted octanol–water partition coefficient (Wildman–Crippen LogP) is 1.03. The van der Waals surface area contributed by atoms with Gasteiger partial charge in [0, 0.05) is 37.8 Å². The molecule has 0 unspecified atom stereocenters. The fraction of sp³-hybridized carbons (Fsp3) is 0.895. The Morgan fingerprint density at radius 3 is 2.36 bits per heavy atom. The largest absolute Gasteiger partial charge is 0.378 e. The van der Waals surface area contributed by atoms with Crippen LogP contribution in [0.4, 0.5) is 0 Å². The van der Waals surface area contributed by atoms with Crippen LogP contribution >= 0.6 is 0 Å². The number of hydrogen-bond donors (Lipinski definition) is 2. The lowest BCUT2D eigenvalue weighted by Crippen LogP contribution is -2.50. The number of ether oxygens (including phenoxy) is 1. The summed E-state index contributed by atoms with van der Waals surface area (Å²) in [5, 5.41) is 6.66. The molecule has 0 atom stereocenters. The summed E-state index contributed by atoms with van der Waals surface area (Å²) in [6.45, 7) is 9.52. The minimum absolute atomic E-state index is 0.0310. The second kappa shape index (κ2) is 13.0. The molecule has 2 N–H and O–H groups in total. The summed E-state index contributed by atoms with van der Waals surface area (Å²) in [6.07, 6.45) is 4.81. The summed E-state index contributed by atoms with van der Waals surface area (Å²) in [4.78, 5) is 19.0. The standard InChI is InChI=1S/C19H38N4O4S/c1-5-16(6-2)18(24)23-11-8-17(9-12-23)22-19(20-7-3)21-10-13-27-14-15-28(4,25)26/h16-17H,5-15H2,1-4H3,(H2,20,21,22). The summed E-state index contributed by atoms with van der Waals surface area (Å²) in [5.74, 6) is 1.20. The highest BCUT2D eigenvalue weighted by atomic mass is 32.2. The molecule has 0 aliphatic carbocycles. The van der Waals surface area contributed by atoms with Crippen molar-refractivity contribution in [2.45, 2.75) is 52.5 Å². The SMILES string of the molecule is CCNC(=NCCOCCS(C)(=O)=O)NC1CCN(C(=O)C(CC)CC)CC1. The number of amides is 1. The van der Waals surface area contributed by atoms with E-state index in [0.29, 0.717) is 13.2 Å². The maximum absolute atomic E-state index is 12.5. The van der Waals surface area contributed by atoms with Gasteiger partial charge < -0.3 is 20.3 Å². The van der Waals surface area contributed by atoms with E-state index in [-0.39, 0.29) is 30.2 Å². The smallest absolute Gasteiger partial charge is 0.225 e. The molecule has 1 saturated heterocycles. The van der Waals surface area contributed by atoms with Crippen molar-refractivity contribution < 1.29 is 17.9 Å². The minimum atomic E-state index is -2.99. The topological polar surface area (TPSA) is 100 Å². The lowest BCUT2D eigenvalue weighted by Gasteiger charge is -2.34. The third-order valence-electron chi connectivity index (χ3n) is 4.93. The lowest BCUT2D eigenvalue weighted by molar-refractivity contribution is -0.136. The number of piperidine rings is 1. The van der Waals surface area contributed by atoms with Gasteiger partial charge in [-0.3, -0.25) is 9.79 Å². The van der Waals surface area contributed by atoms with E-state index in [1.54, 1.807) is 0 Å². The molecule has 0 spiro atoms. The fourth-order valence-electron chi connectivity index (χ4n) is 3.19. The molecular weight excluding hydrogens is 380 g/mol. The number of carbonyl (C=O) groups excluding carboxylic acids is 1. The summed E-state index contributed by atoms with van der Waals surface area (Å²) >= 11 is 0. The molecular formula is C19H38N4O4S. The molecule has 1 fully saturated rings. The van der Waals surface area contributed by atoms with E-state index in [4.69, 9.17) is 4.74 Å². The minimum Gasteiger partial charge on any atom is -0.378 e. The van der Waals surface area contributed by atoms with Gasteiger partial charge in [-0.2, -0.15) is 0 Å². The van der Waals surface area contributed by atoms with Crippen LogP contribution in [0.1, 0.15) is 46.5 Å². The van der Waals surface area contributed by atoms with Crippen molar-refractivity contribution in [1.29, 1.82) is 0 Å².